The number of carbonyl (C=O) groups excluding carboxylic acids is 3. The molecule has 2 N–H and O–H groups in total. The number of amides is 3. The van der Waals surface area contributed by atoms with E-state index in [0.717, 1.165) is 12.8 Å². The first-order chi connectivity index (χ1) is 13.1. The number of nitrogens with one attached hydrogen (secondary N) is 2. The van der Waals surface area contributed by atoms with E-state index in [1.807, 2.05) is 6.92 Å². The lowest BCUT2D eigenvalue weighted by Crippen LogP contribution is -2.36. The molecule has 0 aromatic heterocycles. The number of imide groups is 1. The van der Waals surface area contributed by atoms with Crippen molar-refractivity contribution in [1.82, 2.24) is 15.5 Å². The van der Waals surface area contributed by atoms with Gasteiger partial charge in [0.15, 0.2) is 0 Å². The second kappa shape index (κ2) is 8.91. The van der Waals surface area contributed by atoms with E-state index in [4.69, 9.17) is 4.74 Å². The normalized spacial score (nSPS) is 14.5. The second-order valence-electron chi connectivity index (χ2n) is 8.05. The summed E-state index contributed by atoms with van der Waals surface area (Å²) in [4.78, 5) is 37.8. The monoisotopic (exact) mass is 387 g/mol. The summed E-state index contributed by atoms with van der Waals surface area (Å²) < 4.78 is 5.15. The van der Waals surface area contributed by atoms with Gasteiger partial charge in [-0.3, -0.25) is 19.8 Å². The van der Waals surface area contributed by atoms with Crippen LogP contribution in [0.15, 0.2) is 36.7 Å². The Morgan fingerprint density at radius 2 is 1.75 bits per heavy atom. The van der Waals surface area contributed by atoms with Crippen molar-refractivity contribution < 1.29 is 19.1 Å². The molecular formula is C21H29N3O4. The molecule has 0 unspecified atom stereocenters. The van der Waals surface area contributed by atoms with Crippen molar-refractivity contribution in [2.24, 2.45) is 5.92 Å². The third-order valence-corrected chi connectivity index (χ3v) is 4.24. The van der Waals surface area contributed by atoms with Crippen LogP contribution in [0.3, 0.4) is 0 Å². The van der Waals surface area contributed by atoms with E-state index in [0.29, 0.717) is 30.0 Å². The standard InChI is InChI=1S/C21H29N3O4/c1-14(9-8-12-22-15(2)23-20(27)28-21(3,4)5)13-24-18(25)16-10-6-7-11-17(16)19(24)26/h6-7,10-11,14,22H,2,8-9,12-13H2,1,3-5H3,(H,23,27)/t14-/m0/s1. The minimum absolute atomic E-state index is 0.163. The predicted octanol–water partition coefficient (Wildman–Crippen LogP) is 3.28. The Morgan fingerprint density at radius 1 is 1.18 bits per heavy atom. The van der Waals surface area contributed by atoms with Gasteiger partial charge in [-0.2, -0.15) is 0 Å². The van der Waals surface area contributed by atoms with Crippen molar-refractivity contribution in [2.45, 2.75) is 46.1 Å². The molecule has 0 fully saturated rings. The summed E-state index contributed by atoms with van der Waals surface area (Å²) in [5.74, 6) is 0.0966. The topological polar surface area (TPSA) is 87.7 Å². The lowest BCUT2D eigenvalue weighted by Gasteiger charge is -2.21. The molecule has 7 nitrogen and oxygen atoms in total. The summed E-state index contributed by atoms with van der Waals surface area (Å²) in [5, 5.41) is 5.57. The van der Waals surface area contributed by atoms with Crippen molar-refractivity contribution in [3.63, 3.8) is 0 Å². The van der Waals surface area contributed by atoms with Crippen molar-refractivity contribution in [1.29, 1.82) is 0 Å². The molecule has 1 heterocycles. The number of carbonyl (C=O) groups is 3. The summed E-state index contributed by atoms with van der Waals surface area (Å²) in [6.07, 6.45) is 1.07. The van der Waals surface area contributed by atoms with Gasteiger partial charge in [0.05, 0.1) is 11.1 Å². The number of nitrogens with zero attached hydrogens (tertiary/aromatic N) is 1. The zero-order valence-electron chi connectivity index (χ0n) is 17.0. The lowest BCUT2D eigenvalue weighted by molar-refractivity contribution is 0.0541. The molecule has 1 aromatic rings. The minimum atomic E-state index is -0.566. The van der Waals surface area contributed by atoms with Crippen LogP contribution < -0.4 is 10.6 Å². The van der Waals surface area contributed by atoms with Crippen molar-refractivity contribution in [3.05, 3.63) is 47.8 Å². The molecule has 0 aliphatic carbocycles. The fourth-order valence-electron chi connectivity index (χ4n) is 2.97. The molecular weight excluding hydrogens is 358 g/mol. The first-order valence-electron chi connectivity index (χ1n) is 9.46. The molecule has 7 heteroatoms. The number of ether oxygens (including phenoxy) is 1. The maximum atomic E-state index is 12.4. The van der Waals surface area contributed by atoms with Gasteiger partial charge in [0.1, 0.15) is 11.4 Å². The van der Waals surface area contributed by atoms with Crippen LogP contribution in [-0.4, -0.2) is 41.5 Å². The summed E-state index contributed by atoms with van der Waals surface area (Å²) >= 11 is 0. The molecule has 28 heavy (non-hydrogen) atoms. The molecule has 0 saturated heterocycles. The van der Waals surface area contributed by atoms with Gasteiger partial charge in [-0.05, 0) is 51.7 Å². The molecule has 0 spiro atoms. The van der Waals surface area contributed by atoms with Crippen LogP contribution in [0, 0.1) is 5.92 Å². The van der Waals surface area contributed by atoms with Gasteiger partial charge >= 0.3 is 6.09 Å². The van der Waals surface area contributed by atoms with E-state index < -0.39 is 11.7 Å². The highest BCUT2D eigenvalue weighted by molar-refractivity contribution is 6.21. The van der Waals surface area contributed by atoms with Gasteiger partial charge in [0, 0.05) is 13.1 Å². The minimum Gasteiger partial charge on any atom is -0.444 e. The second-order valence-corrected chi connectivity index (χ2v) is 8.05. The summed E-state index contributed by atoms with van der Waals surface area (Å²) in [7, 11) is 0. The van der Waals surface area contributed by atoms with Crippen LogP contribution in [-0.2, 0) is 4.74 Å². The van der Waals surface area contributed by atoms with Crippen molar-refractivity contribution >= 4 is 17.9 Å². The highest BCUT2D eigenvalue weighted by Crippen LogP contribution is 2.24. The van der Waals surface area contributed by atoms with E-state index in [2.05, 4.69) is 17.2 Å². The summed E-state index contributed by atoms with van der Waals surface area (Å²) in [5.41, 5.74) is 0.390. The van der Waals surface area contributed by atoms with Crippen LogP contribution in [0.4, 0.5) is 4.79 Å². The van der Waals surface area contributed by atoms with Gasteiger partial charge in [0.25, 0.3) is 11.8 Å². The van der Waals surface area contributed by atoms with Crippen LogP contribution in [0.25, 0.3) is 0 Å². The Morgan fingerprint density at radius 3 is 2.29 bits per heavy atom. The van der Waals surface area contributed by atoms with Crippen LogP contribution in [0.5, 0.6) is 0 Å². The fraction of sp³-hybridized carbons (Fsp3) is 0.476. The summed E-state index contributed by atoms with van der Waals surface area (Å²) in [6, 6.07) is 6.91. The smallest absolute Gasteiger partial charge is 0.413 e. The maximum Gasteiger partial charge on any atom is 0.413 e. The SMILES string of the molecule is C=C(NCCC[C@H](C)CN1C(=O)c2ccccc2C1=O)NC(=O)OC(C)(C)C. The number of benzene rings is 1. The number of hydrogen-bond donors (Lipinski definition) is 2. The highest BCUT2D eigenvalue weighted by Gasteiger charge is 2.35. The zero-order chi connectivity index (χ0) is 20.9. The maximum absolute atomic E-state index is 12.4. The molecule has 0 radical (unpaired) electrons. The zero-order valence-corrected chi connectivity index (χ0v) is 17.0. The van der Waals surface area contributed by atoms with Gasteiger partial charge in [-0.1, -0.05) is 25.6 Å². The molecule has 0 bridgehead atoms. The third-order valence-electron chi connectivity index (χ3n) is 4.24. The molecule has 3 amide bonds. The highest BCUT2D eigenvalue weighted by atomic mass is 16.6. The predicted molar refractivity (Wildman–Crippen MR) is 107 cm³/mol. The number of rotatable bonds is 8. The number of fused-ring (bicyclic) bond motifs is 1. The van der Waals surface area contributed by atoms with Crippen LogP contribution in [0.2, 0.25) is 0 Å². The van der Waals surface area contributed by atoms with Crippen LogP contribution >= 0.6 is 0 Å². The van der Waals surface area contributed by atoms with E-state index in [9.17, 15) is 14.4 Å². The number of hydrogen-bond acceptors (Lipinski definition) is 5. The molecule has 1 aliphatic rings. The molecule has 0 saturated carbocycles. The molecule has 1 atom stereocenters. The Kier molecular flexibility index (Phi) is 6.83. The first kappa shape index (κ1) is 21.5. The average molecular weight is 387 g/mol. The Balaban J connectivity index is 1.69. The Labute approximate surface area is 166 Å². The molecule has 152 valence electrons. The van der Waals surface area contributed by atoms with Crippen LogP contribution in [0.1, 0.15) is 61.3 Å². The Bertz CT molecular complexity index is 732. The van der Waals surface area contributed by atoms with E-state index in [1.165, 1.54) is 4.90 Å². The van der Waals surface area contributed by atoms with Crippen molar-refractivity contribution in [3.8, 4) is 0 Å². The molecule has 2 rings (SSSR count). The van der Waals surface area contributed by atoms with Gasteiger partial charge in [-0.25, -0.2) is 4.79 Å². The lowest BCUT2D eigenvalue weighted by atomic mass is 10.1. The first-order valence-corrected chi connectivity index (χ1v) is 9.46. The van der Waals surface area contributed by atoms with E-state index >= 15 is 0 Å². The summed E-state index contributed by atoms with van der Waals surface area (Å²) in [6.45, 7) is 12.1. The Hall–Kier alpha value is -2.83. The van der Waals surface area contributed by atoms with Gasteiger partial charge in [0.2, 0.25) is 0 Å². The molecule has 1 aromatic carbocycles. The fourth-order valence-corrected chi connectivity index (χ4v) is 2.97. The number of alkyl carbamates (subject to hydrolysis) is 1. The average Bonchev–Trinajstić information content (AvgIpc) is 2.82. The quantitative estimate of drug-likeness (QED) is 0.528. The van der Waals surface area contributed by atoms with E-state index in [1.54, 1.807) is 45.0 Å². The van der Waals surface area contributed by atoms with Gasteiger partial charge in [-0.15, -0.1) is 0 Å². The van der Waals surface area contributed by atoms with E-state index in [-0.39, 0.29) is 17.7 Å². The largest absolute Gasteiger partial charge is 0.444 e. The van der Waals surface area contributed by atoms with Gasteiger partial charge < -0.3 is 10.1 Å². The van der Waals surface area contributed by atoms with Crippen molar-refractivity contribution in [2.75, 3.05) is 13.1 Å². The third kappa shape index (κ3) is 5.84. The molecule has 1 aliphatic heterocycles.